The summed E-state index contributed by atoms with van der Waals surface area (Å²) in [6.45, 7) is -0.164. The Kier molecular flexibility index (Phi) is 5.48. The number of nitrogens with one attached hydrogen (secondary N) is 1. The van der Waals surface area contributed by atoms with Gasteiger partial charge in [0.25, 0.3) is 0 Å². The van der Waals surface area contributed by atoms with Gasteiger partial charge in [-0.15, -0.1) is 0 Å². The second kappa shape index (κ2) is 8.16. The van der Waals surface area contributed by atoms with Crippen LogP contribution in [0.25, 0.3) is 11.4 Å². The quantitative estimate of drug-likeness (QED) is 0.682. The van der Waals surface area contributed by atoms with Crippen LogP contribution in [0.2, 0.25) is 0 Å². The first kappa shape index (κ1) is 16.8. The van der Waals surface area contributed by atoms with Crippen LogP contribution in [0.4, 0.5) is 0 Å². The molecule has 7 heteroatoms. The molecule has 7 nitrogen and oxygen atoms in total. The predicted octanol–water partition coefficient (Wildman–Crippen LogP) is 1.91. The van der Waals surface area contributed by atoms with Crippen LogP contribution < -0.4 is 5.32 Å². The van der Waals surface area contributed by atoms with Crippen molar-refractivity contribution in [2.75, 3.05) is 6.61 Å². The number of nitrogens with zero attached hydrogens (tertiary/aromatic N) is 3. The number of aromatic nitrogens is 3. The van der Waals surface area contributed by atoms with E-state index in [1.54, 1.807) is 24.5 Å². The number of benzene rings is 1. The molecule has 0 bridgehead atoms. The van der Waals surface area contributed by atoms with E-state index >= 15 is 0 Å². The molecule has 0 aliphatic carbocycles. The number of carbonyl (C=O) groups excluding carboxylic acids is 1. The number of hydrogen-bond donors (Lipinski definition) is 2. The summed E-state index contributed by atoms with van der Waals surface area (Å²) in [5.41, 5.74) is 1.66. The summed E-state index contributed by atoms with van der Waals surface area (Å²) in [6, 6.07) is 12.5. The van der Waals surface area contributed by atoms with Gasteiger partial charge in [-0.25, -0.2) is 0 Å². The van der Waals surface area contributed by atoms with Crippen LogP contribution in [-0.2, 0) is 11.2 Å². The summed E-state index contributed by atoms with van der Waals surface area (Å²) in [5.74, 6) is 0.670. The molecule has 0 aliphatic heterocycles. The van der Waals surface area contributed by atoms with Crippen molar-refractivity contribution < 1.29 is 14.4 Å². The lowest BCUT2D eigenvalue weighted by atomic mass is 10.1. The lowest BCUT2D eigenvalue weighted by Gasteiger charge is -2.16. The minimum absolute atomic E-state index is 0.164. The lowest BCUT2D eigenvalue weighted by Crippen LogP contribution is -2.30. The molecule has 0 saturated heterocycles. The molecule has 3 rings (SSSR count). The molecule has 3 aromatic rings. The Labute approximate surface area is 144 Å². The molecule has 0 saturated carbocycles. The summed E-state index contributed by atoms with van der Waals surface area (Å²) in [4.78, 5) is 20.3. The molecule has 0 radical (unpaired) electrons. The van der Waals surface area contributed by atoms with Gasteiger partial charge >= 0.3 is 0 Å². The highest BCUT2D eigenvalue weighted by molar-refractivity contribution is 5.76. The molecule has 1 amide bonds. The first-order valence-electron chi connectivity index (χ1n) is 7.94. The fourth-order valence-corrected chi connectivity index (χ4v) is 2.38. The number of pyridine rings is 1. The SMILES string of the molecule is O=C(CCc1nc(-c2ccncc2)no1)N[C@H](CO)c1ccccc1. The minimum Gasteiger partial charge on any atom is -0.394 e. The molecule has 2 aromatic heterocycles. The smallest absolute Gasteiger partial charge is 0.227 e. The number of hydrogen-bond acceptors (Lipinski definition) is 6. The maximum absolute atomic E-state index is 12.1. The Morgan fingerprint density at radius 2 is 1.92 bits per heavy atom. The van der Waals surface area contributed by atoms with Crippen molar-refractivity contribution in [3.8, 4) is 11.4 Å². The van der Waals surface area contributed by atoms with Crippen molar-refractivity contribution in [1.82, 2.24) is 20.4 Å². The molecule has 128 valence electrons. The molecule has 0 spiro atoms. The van der Waals surface area contributed by atoms with E-state index in [0.717, 1.165) is 11.1 Å². The normalized spacial score (nSPS) is 11.9. The third-order valence-corrected chi connectivity index (χ3v) is 3.69. The van der Waals surface area contributed by atoms with Gasteiger partial charge in [0.2, 0.25) is 17.6 Å². The first-order valence-corrected chi connectivity index (χ1v) is 7.94. The van der Waals surface area contributed by atoms with E-state index in [9.17, 15) is 9.90 Å². The van der Waals surface area contributed by atoms with Gasteiger partial charge in [-0.2, -0.15) is 4.98 Å². The van der Waals surface area contributed by atoms with Gasteiger partial charge in [0.15, 0.2) is 0 Å². The van der Waals surface area contributed by atoms with Crippen LogP contribution in [0.3, 0.4) is 0 Å². The number of amides is 1. The molecule has 0 aliphatic rings. The molecule has 0 unspecified atom stereocenters. The highest BCUT2D eigenvalue weighted by atomic mass is 16.5. The zero-order valence-corrected chi connectivity index (χ0v) is 13.5. The molecular weight excluding hydrogens is 320 g/mol. The molecule has 1 atom stereocenters. The van der Waals surface area contributed by atoms with E-state index < -0.39 is 6.04 Å². The predicted molar refractivity (Wildman–Crippen MR) is 90.3 cm³/mol. The van der Waals surface area contributed by atoms with E-state index in [2.05, 4.69) is 20.4 Å². The molecule has 25 heavy (non-hydrogen) atoms. The summed E-state index contributed by atoms with van der Waals surface area (Å²) in [7, 11) is 0. The Hall–Kier alpha value is -3.06. The van der Waals surface area contributed by atoms with Gasteiger partial charge in [-0.05, 0) is 17.7 Å². The second-order valence-corrected chi connectivity index (χ2v) is 5.46. The maximum atomic E-state index is 12.1. The average molecular weight is 338 g/mol. The van der Waals surface area contributed by atoms with Crippen LogP contribution in [-0.4, -0.2) is 32.7 Å². The van der Waals surface area contributed by atoms with Crippen LogP contribution in [0.1, 0.15) is 23.9 Å². The minimum atomic E-state index is -0.427. The highest BCUT2D eigenvalue weighted by Gasteiger charge is 2.15. The van der Waals surface area contributed by atoms with Crippen molar-refractivity contribution in [3.63, 3.8) is 0 Å². The summed E-state index contributed by atoms with van der Waals surface area (Å²) < 4.78 is 5.17. The summed E-state index contributed by atoms with van der Waals surface area (Å²) in [5, 5.41) is 16.2. The summed E-state index contributed by atoms with van der Waals surface area (Å²) >= 11 is 0. The van der Waals surface area contributed by atoms with Gasteiger partial charge in [0, 0.05) is 30.8 Å². The second-order valence-electron chi connectivity index (χ2n) is 5.46. The van der Waals surface area contributed by atoms with Gasteiger partial charge in [-0.1, -0.05) is 35.5 Å². The Morgan fingerprint density at radius 3 is 2.64 bits per heavy atom. The number of aliphatic hydroxyl groups is 1. The van der Waals surface area contributed by atoms with Crippen LogP contribution in [0.15, 0.2) is 59.4 Å². The Balaban J connectivity index is 1.55. The van der Waals surface area contributed by atoms with Crippen molar-refractivity contribution >= 4 is 5.91 Å². The van der Waals surface area contributed by atoms with Gasteiger partial charge in [-0.3, -0.25) is 9.78 Å². The largest absolute Gasteiger partial charge is 0.394 e. The third kappa shape index (κ3) is 4.48. The van der Waals surface area contributed by atoms with Crippen LogP contribution in [0, 0.1) is 0 Å². The van der Waals surface area contributed by atoms with E-state index in [1.807, 2.05) is 30.3 Å². The zero-order valence-electron chi connectivity index (χ0n) is 13.5. The average Bonchev–Trinajstić information content (AvgIpc) is 3.15. The van der Waals surface area contributed by atoms with Crippen molar-refractivity contribution in [2.45, 2.75) is 18.9 Å². The van der Waals surface area contributed by atoms with Crippen molar-refractivity contribution in [3.05, 3.63) is 66.3 Å². The highest BCUT2D eigenvalue weighted by Crippen LogP contribution is 2.15. The Morgan fingerprint density at radius 1 is 1.16 bits per heavy atom. The van der Waals surface area contributed by atoms with E-state index in [1.165, 1.54) is 0 Å². The molecule has 1 aromatic carbocycles. The van der Waals surface area contributed by atoms with E-state index in [4.69, 9.17) is 4.52 Å². The number of carbonyl (C=O) groups is 1. The summed E-state index contributed by atoms with van der Waals surface area (Å²) in [6.07, 6.45) is 3.83. The van der Waals surface area contributed by atoms with Gasteiger partial charge < -0.3 is 14.9 Å². The first-order chi connectivity index (χ1) is 12.3. The van der Waals surface area contributed by atoms with Gasteiger partial charge in [0.1, 0.15) is 0 Å². The zero-order chi connectivity index (χ0) is 17.5. The third-order valence-electron chi connectivity index (χ3n) is 3.69. The maximum Gasteiger partial charge on any atom is 0.227 e. The van der Waals surface area contributed by atoms with Crippen molar-refractivity contribution in [1.29, 1.82) is 0 Å². The lowest BCUT2D eigenvalue weighted by molar-refractivity contribution is -0.122. The van der Waals surface area contributed by atoms with E-state index in [-0.39, 0.29) is 18.9 Å². The van der Waals surface area contributed by atoms with Crippen LogP contribution in [0.5, 0.6) is 0 Å². The number of rotatable bonds is 7. The fraction of sp³-hybridized carbons (Fsp3) is 0.222. The topological polar surface area (TPSA) is 101 Å². The standard InChI is InChI=1S/C18H18N4O3/c23-12-15(13-4-2-1-3-5-13)20-16(24)6-7-17-21-18(22-25-17)14-8-10-19-11-9-14/h1-5,8-11,15,23H,6-7,12H2,(H,20,24)/t15-/m1/s1. The molecule has 2 heterocycles. The van der Waals surface area contributed by atoms with Gasteiger partial charge in [0.05, 0.1) is 12.6 Å². The molecular formula is C18H18N4O3. The number of aliphatic hydroxyl groups excluding tert-OH is 1. The molecule has 2 N–H and O–H groups in total. The fourth-order valence-electron chi connectivity index (χ4n) is 2.38. The number of aryl methyl sites for hydroxylation is 1. The van der Waals surface area contributed by atoms with Crippen molar-refractivity contribution in [2.24, 2.45) is 0 Å². The van der Waals surface area contributed by atoms with Crippen LogP contribution >= 0.6 is 0 Å². The Bertz CT molecular complexity index is 805. The monoisotopic (exact) mass is 338 g/mol. The molecule has 0 fully saturated rings. The van der Waals surface area contributed by atoms with E-state index in [0.29, 0.717) is 18.1 Å².